The molecule has 2 aromatic heterocycles. The molecular formula is C22H22ClF3N4O2. The van der Waals surface area contributed by atoms with Gasteiger partial charge in [-0.1, -0.05) is 23.7 Å². The van der Waals surface area contributed by atoms with Crippen molar-refractivity contribution in [2.75, 3.05) is 26.3 Å². The summed E-state index contributed by atoms with van der Waals surface area (Å²) in [6.07, 6.45) is -1.52. The number of aryl methyl sites for hydroxylation is 1. The zero-order valence-electron chi connectivity index (χ0n) is 17.6. The average Bonchev–Trinajstić information content (AvgIpc) is 3.29. The largest absolute Gasteiger partial charge is 0.431 e. The molecule has 0 N–H and O–H groups in total. The highest BCUT2D eigenvalue weighted by molar-refractivity contribution is 6.30. The number of benzene rings is 1. The fraction of sp³-hybridized carbons (Fsp3) is 0.364. The Balaban J connectivity index is 1.97. The number of carbonyl (C=O) groups excluding carboxylic acids is 1. The molecule has 0 saturated carbocycles. The third kappa shape index (κ3) is 4.27. The molecule has 1 aliphatic rings. The predicted octanol–water partition coefficient (Wildman–Crippen LogP) is 4.39. The Morgan fingerprint density at radius 3 is 2.41 bits per heavy atom. The molecule has 0 spiro atoms. The summed E-state index contributed by atoms with van der Waals surface area (Å²) in [5, 5.41) is 4.52. The van der Waals surface area contributed by atoms with Crippen LogP contribution in [0, 0.1) is 6.92 Å². The van der Waals surface area contributed by atoms with Crippen LogP contribution in [0.4, 0.5) is 13.2 Å². The molecule has 1 saturated heterocycles. The van der Waals surface area contributed by atoms with E-state index in [9.17, 15) is 18.0 Å². The SMILES string of the molecule is Cc1c(-c2ccc(Cl)cc2)c(C(=O)N2CCOCC2)n(Cc2cnn(C)c2)c1C(F)(F)F. The number of carbonyl (C=O) groups is 1. The minimum atomic E-state index is -4.66. The van der Waals surface area contributed by atoms with Crippen molar-refractivity contribution < 1.29 is 22.7 Å². The molecule has 0 radical (unpaired) electrons. The minimum Gasteiger partial charge on any atom is -0.378 e. The molecule has 1 amide bonds. The van der Waals surface area contributed by atoms with Gasteiger partial charge >= 0.3 is 6.18 Å². The molecule has 1 aromatic carbocycles. The van der Waals surface area contributed by atoms with Crippen LogP contribution in [0.3, 0.4) is 0 Å². The van der Waals surface area contributed by atoms with Gasteiger partial charge in [0.25, 0.3) is 5.91 Å². The second kappa shape index (κ2) is 8.63. The number of halogens is 4. The molecule has 0 bridgehead atoms. The van der Waals surface area contributed by atoms with Crippen molar-refractivity contribution in [2.45, 2.75) is 19.6 Å². The van der Waals surface area contributed by atoms with E-state index in [-0.39, 0.29) is 23.4 Å². The number of aromatic nitrogens is 3. The molecule has 1 aliphatic heterocycles. The van der Waals surface area contributed by atoms with Crippen LogP contribution in [0.1, 0.15) is 27.3 Å². The Labute approximate surface area is 188 Å². The maximum atomic E-state index is 14.3. The average molecular weight is 467 g/mol. The number of rotatable bonds is 4. The highest BCUT2D eigenvalue weighted by atomic mass is 35.5. The van der Waals surface area contributed by atoms with Crippen LogP contribution >= 0.6 is 11.6 Å². The highest BCUT2D eigenvalue weighted by Crippen LogP contribution is 2.42. The van der Waals surface area contributed by atoms with Gasteiger partial charge in [0.05, 0.1) is 26.0 Å². The summed E-state index contributed by atoms with van der Waals surface area (Å²) >= 11 is 6.00. The van der Waals surface area contributed by atoms with Crippen molar-refractivity contribution in [2.24, 2.45) is 7.05 Å². The summed E-state index contributed by atoms with van der Waals surface area (Å²) in [4.78, 5) is 15.1. The quantitative estimate of drug-likeness (QED) is 0.573. The molecule has 10 heteroatoms. The summed E-state index contributed by atoms with van der Waals surface area (Å²) in [6.45, 7) is 2.59. The van der Waals surface area contributed by atoms with Gasteiger partial charge in [-0.15, -0.1) is 0 Å². The number of hydrogen-bond acceptors (Lipinski definition) is 3. The first-order valence-corrected chi connectivity index (χ1v) is 10.5. The fourth-order valence-corrected chi connectivity index (χ4v) is 4.24. The molecule has 170 valence electrons. The number of nitrogens with zero attached hydrogens (tertiary/aromatic N) is 4. The van der Waals surface area contributed by atoms with E-state index in [0.717, 1.165) is 4.57 Å². The number of alkyl halides is 3. The summed E-state index contributed by atoms with van der Waals surface area (Å²) < 4.78 is 50.8. The van der Waals surface area contributed by atoms with Crippen molar-refractivity contribution in [1.82, 2.24) is 19.2 Å². The lowest BCUT2D eigenvalue weighted by Gasteiger charge is -2.28. The number of amides is 1. The van der Waals surface area contributed by atoms with Gasteiger partial charge in [-0.2, -0.15) is 18.3 Å². The zero-order chi connectivity index (χ0) is 23.0. The first-order chi connectivity index (χ1) is 15.2. The van der Waals surface area contributed by atoms with Crippen LogP contribution in [0.25, 0.3) is 11.1 Å². The molecule has 3 heterocycles. The van der Waals surface area contributed by atoms with Crippen LogP contribution < -0.4 is 0 Å². The van der Waals surface area contributed by atoms with Crippen molar-refractivity contribution in [3.8, 4) is 11.1 Å². The molecule has 4 rings (SSSR count). The maximum Gasteiger partial charge on any atom is 0.431 e. The Hall–Kier alpha value is -2.78. The lowest BCUT2D eigenvalue weighted by Crippen LogP contribution is -2.41. The normalized spacial score (nSPS) is 14.8. The van der Waals surface area contributed by atoms with Gasteiger partial charge in [0, 0.05) is 42.5 Å². The monoisotopic (exact) mass is 466 g/mol. The van der Waals surface area contributed by atoms with E-state index in [1.165, 1.54) is 22.7 Å². The van der Waals surface area contributed by atoms with E-state index in [4.69, 9.17) is 16.3 Å². The molecule has 32 heavy (non-hydrogen) atoms. The van der Waals surface area contributed by atoms with E-state index >= 15 is 0 Å². The third-order valence-corrected chi connectivity index (χ3v) is 5.76. The van der Waals surface area contributed by atoms with Crippen LogP contribution in [-0.4, -0.2) is 51.5 Å². The second-order valence-electron chi connectivity index (χ2n) is 7.71. The first kappa shape index (κ1) is 22.4. The van der Waals surface area contributed by atoms with Gasteiger partial charge in [0.15, 0.2) is 0 Å². The number of ether oxygens (including phenoxy) is 1. The van der Waals surface area contributed by atoms with E-state index < -0.39 is 17.8 Å². The Kier molecular flexibility index (Phi) is 6.05. The van der Waals surface area contributed by atoms with Crippen LogP contribution in [0.2, 0.25) is 5.02 Å². The molecule has 1 fully saturated rings. The van der Waals surface area contributed by atoms with Crippen LogP contribution in [-0.2, 0) is 24.5 Å². The molecule has 3 aromatic rings. The molecule has 0 unspecified atom stereocenters. The molecule has 0 aliphatic carbocycles. The van der Waals surface area contributed by atoms with Crippen molar-refractivity contribution in [3.63, 3.8) is 0 Å². The lowest BCUT2D eigenvalue weighted by atomic mass is 10.00. The third-order valence-electron chi connectivity index (χ3n) is 5.51. The van der Waals surface area contributed by atoms with Crippen molar-refractivity contribution in [1.29, 1.82) is 0 Å². The minimum absolute atomic E-state index is 0.000298. The van der Waals surface area contributed by atoms with Gasteiger partial charge in [0.1, 0.15) is 11.4 Å². The Morgan fingerprint density at radius 2 is 1.84 bits per heavy atom. The summed E-state index contributed by atoms with van der Waals surface area (Å²) in [5.41, 5.74) is 0.478. The van der Waals surface area contributed by atoms with Crippen LogP contribution in [0.5, 0.6) is 0 Å². The van der Waals surface area contributed by atoms with Crippen molar-refractivity contribution >= 4 is 17.5 Å². The van der Waals surface area contributed by atoms with E-state index in [2.05, 4.69) is 5.10 Å². The lowest BCUT2D eigenvalue weighted by molar-refractivity contribution is -0.143. The van der Waals surface area contributed by atoms with Gasteiger partial charge in [-0.05, 0) is 30.2 Å². The summed E-state index contributed by atoms with van der Waals surface area (Å²) in [6, 6.07) is 6.47. The number of morpholine rings is 1. The Morgan fingerprint density at radius 1 is 1.19 bits per heavy atom. The van der Waals surface area contributed by atoms with Gasteiger partial charge in [0.2, 0.25) is 0 Å². The molecular weight excluding hydrogens is 445 g/mol. The fourth-order valence-electron chi connectivity index (χ4n) is 4.11. The zero-order valence-corrected chi connectivity index (χ0v) is 18.4. The summed E-state index contributed by atoms with van der Waals surface area (Å²) in [7, 11) is 1.69. The van der Waals surface area contributed by atoms with Gasteiger partial charge < -0.3 is 14.2 Å². The van der Waals surface area contributed by atoms with Crippen molar-refractivity contribution in [3.05, 3.63) is 64.2 Å². The van der Waals surface area contributed by atoms with Crippen LogP contribution in [0.15, 0.2) is 36.7 Å². The standard InChI is InChI=1S/C22H22ClF3N4O2/c1-14-18(16-3-5-17(23)6-4-16)19(21(31)29-7-9-32-10-8-29)30(20(14)22(24,25)26)13-15-11-27-28(2)12-15/h3-6,11-12H,7-10,13H2,1-2H3. The van der Waals surface area contributed by atoms with E-state index in [1.807, 2.05) is 0 Å². The van der Waals surface area contributed by atoms with Gasteiger partial charge in [-0.3, -0.25) is 9.48 Å². The smallest absolute Gasteiger partial charge is 0.378 e. The van der Waals surface area contributed by atoms with E-state index in [0.29, 0.717) is 42.5 Å². The molecule has 6 nitrogen and oxygen atoms in total. The highest BCUT2D eigenvalue weighted by Gasteiger charge is 2.42. The topological polar surface area (TPSA) is 52.3 Å². The molecule has 0 atom stereocenters. The maximum absolute atomic E-state index is 14.3. The van der Waals surface area contributed by atoms with Gasteiger partial charge in [-0.25, -0.2) is 0 Å². The summed E-state index contributed by atoms with van der Waals surface area (Å²) in [5.74, 6) is -0.458. The Bertz CT molecular complexity index is 1130. The predicted molar refractivity (Wildman–Crippen MR) is 114 cm³/mol. The number of hydrogen-bond donors (Lipinski definition) is 0. The van der Waals surface area contributed by atoms with E-state index in [1.54, 1.807) is 37.5 Å². The first-order valence-electron chi connectivity index (χ1n) is 10.1. The second-order valence-corrected chi connectivity index (χ2v) is 8.15.